The summed E-state index contributed by atoms with van der Waals surface area (Å²) in [4.78, 5) is 41.3. The number of hydrogen-bond acceptors (Lipinski definition) is 5. The first-order valence-electron chi connectivity index (χ1n) is 12.3. The third kappa shape index (κ3) is 4.33. The van der Waals surface area contributed by atoms with Crippen LogP contribution < -0.4 is 10.6 Å². The molecule has 2 N–H and O–H groups in total. The van der Waals surface area contributed by atoms with Gasteiger partial charge in [-0.25, -0.2) is 0 Å². The van der Waals surface area contributed by atoms with Gasteiger partial charge < -0.3 is 10.2 Å². The van der Waals surface area contributed by atoms with Crippen LogP contribution >= 0.6 is 0 Å². The van der Waals surface area contributed by atoms with E-state index < -0.39 is 6.04 Å². The molecule has 4 aliphatic rings. The molecular formula is C25H34N4O3. The number of nitrogens with zero attached hydrogens (tertiary/aromatic N) is 2. The molecule has 0 radical (unpaired) electrons. The number of nitrogens with one attached hydrogen (secondary N) is 2. The van der Waals surface area contributed by atoms with Crippen molar-refractivity contribution in [2.24, 2.45) is 0 Å². The molecule has 3 fully saturated rings. The Morgan fingerprint density at radius 2 is 1.91 bits per heavy atom. The van der Waals surface area contributed by atoms with Crippen LogP contribution in [-0.4, -0.2) is 58.7 Å². The lowest BCUT2D eigenvalue weighted by molar-refractivity contribution is -0.136. The Morgan fingerprint density at radius 1 is 1.00 bits per heavy atom. The molecule has 3 amide bonds. The zero-order valence-corrected chi connectivity index (χ0v) is 18.8. The number of hydrogen-bond donors (Lipinski definition) is 2. The molecule has 3 atom stereocenters. The number of amides is 3. The fraction of sp³-hybridized carbons (Fsp3) is 0.640. The summed E-state index contributed by atoms with van der Waals surface area (Å²) >= 11 is 0. The molecular weight excluding hydrogens is 404 g/mol. The highest BCUT2D eigenvalue weighted by Gasteiger charge is 2.40. The van der Waals surface area contributed by atoms with Crippen LogP contribution in [0.15, 0.2) is 18.2 Å². The van der Waals surface area contributed by atoms with Gasteiger partial charge in [0.05, 0.1) is 0 Å². The minimum absolute atomic E-state index is 0.0844. The van der Waals surface area contributed by atoms with Crippen molar-refractivity contribution >= 4 is 17.7 Å². The van der Waals surface area contributed by atoms with E-state index in [1.54, 1.807) is 4.90 Å². The van der Waals surface area contributed by atoms with Crippen LogP contribution in [0, 0.1) is 0 Å². The fourth-order valence-corrected chi connectivity index (χ4v) is 6.01. The molecule has 172 valence electrons. The van der Waals surface area contributed by atoms with Crippen LogP contribution in [0.1, 0.15) is 79.3 Å². The Kier molecular flexibility index (Phi) is 6.28. The highest BCUT2D eigenvalue weighted by Crippen LogP contribution is 2.32. The first kappa shape index (κ1) is 21.6. The molecule has 7 nitrogen and oxygen atoms in total. The maximum atomic E-state index is 13.1. The summed E-state index contributed by atoms with van der Waals surface area (Å²) < 4.78 is 0. The molecule has 2 unspecified atom stereocenters. The van der Waals surface area contributed by atoms with Crippen LogP contribution in [0.5, 0.6) is 0 Å². The molecule has 0 aliphatic carbocycles. The third-order valence-electron chi connectivity index (χ3n) is 7.81. The number of piperidine rings is 2. The summed E-state index contributed by atoms with van der Waals surface area (Å²) in [5, 5.41) is 6.02. The van der Waals surface area contributed by atoms with Crippen LogP contribution in [0.25, 0.3) is 0 Å². The average Bonchev–Trinajstić information content (AvgIpc) is 3.42. The molecule has 7 heteroatoms. The summed E-state index contributed by atoms with van der Waals surface area (Å²) in [6.45, 7) is 3.59. The molecule has 3 saturated heterocycles. The van der Waals surface area contributed by atoms with E-state index in [9.17, 15) is 14.4 Å². The van der Waals surface area contributed by atoms with Gasteiger partial charge in [-0.2, -0.15) is 0 Å². The van der Waals surface area contributed by atoms with Crippen molar-refractivity contribution in [3.8, 4) is 0 Å². The first-order chi connectivity index (χ1) is 15.6. The quantitative estimate of drug-likeness (QED) is 0.667. The lowest BCUT2D eigenvalue weighted by Gasteiger charge is -2.37. The molecule has 5 rings (SSSR count). The van der Waals surface area contributed by atoms with Crippen LogP contribution in [0.2, 0.25) is 0 Å². The Hall–Kier alpha value is -2.25. The minimum atomic E-state index is -0.554. The number of imide groups is 1. The second-order valence-corrected chi connectivity index (χ2v) is 9.83. The van der Waals surface area contributed by atoms with E-state index in [4.69, 9.17) is 0 Å². The van der Waals surface area contributed by atoms with Crippen molar-refractivity contribution < 1.29 is 14.4 Å². The first-order valence-corrected chi connectivity index (χ1v) is 12.3. The van der Waals surface area contributed by atoms with Crippen molar-refractivity contribution in [2.45, 2.75) is 89.0 Å². The normalized spacial score (nSPS) is 28.8. The van der Waals surface area contributed by atoms with Gasteiger partial charge in [0.25, 0.3) is 5.91 Å². The predicted octanol–water partition coefficient (Wildman–Crippen LogP) is 2.33. The molecule has 32 heavy (non-hydrogen) atoms. The van der Waals surface area contributed by atoms with Crippen molar-refractivity contribution in [1.29, 1.82) is 0 Å². The monoisotopic (exact) mass is 438 g/mol. The summed E-state index contributed by atoms with van der Waals surface area (Å²) in [5.74, 6) is -0.681. The number of carbonyl (C=O) groups is 3. The second-order valence-electron chi connectivity index (χ2n) is 9.83. The van der Waals surface area contributed by atoms with E-state index in [1.165, 1.54) is 50.5 Å². The van der Waals surface area contributed by atoms with Crippen LogP contribution in [0.4, 0.5) is 0 Å². The van der Waals surface area contributed by atoms with Crippen molar-refractivity contribution in [1.82, 2.24) is 20.4 Å². The molecule has 0 bridgehead atoms. The lowest BCUT2D eigenvalue weighted by Crippen LogP contribution is -2.52. The minimum Gasteiger partial charge on any atom is -0.322 e. The lowest BCUT2D eigenvalue weighted by atomic mass is 9.94. The van der Waals surface area contributed by atoms with Gasteiger partial charge in [-0.1, -0.05) is 18.6 Å². The number of carbonyl (C=O) groups excluding carboxylic acids is 3. The van der Waals surface area contributed by atoms with Gasteiger partial charge in [-0.3, -0.25) is 24.6 Å². The number of rotatable bonds is 6. The van der Waals surface area contributed by atoms with Crippen LogP contribution in [0.3, 0.4) is 0 Å². The van der Waals surface area contributed by atoms with Gasteiger partial charge in [0.2, 0.25) is 11.8 Å². The Balaban J connectivity index is 1.29. The molecule has 0 saturated carbocycles. The van der Waals surface area contributed by atoms with E-state index in [1.807, 2.05) is 12.1 Å². The number of fused-ring (bicyclic) bond motifs is 1. The highest BCUT2D eigenvalue weighted by molar-refractivity contribution is 6.05. The molecule has 0 spiro atoms. The molecule has 0 aromatic heterocycles. The zero-order chi connectivity index (χ0) is 22.1. The molecule has 1 aromatic rings. The Morgan fingerprint density at radius 3 is 2.72 bits per heavy atom. The Labute approximate surface area is 189 Å². The molecule has 1 aromatic carbocycles. The molecule has 4 aliphatic heterocycles. The van der Waals surface area contributed by atoms with E-state index in [0.717, 1.165) is 30.8 Å². The van der Waals surface area contributed by atoms with Crippen molar-refractivity contribution in [3.63, 3.8) is 0 Å². The maximum Gasteiger partial charge on any atom is 0.255 e. The highest BCUT2D eigenvalue weighted by atomic mass is 16.2. The number of benzene rings is 1. The second kappa shape index (κ2) is 9.32. The summed E-state index contributed by atoms with van der Waals surface area (Å²) in [6, 6.07) is 6.73. The largest absolute Gasteiger partial charge is 0.322 e. The van der Waals surface area contributed by atoms with Crippen molar-refractivity contribution in [2.75, 3.05) is 13.1 Å². The average molecular weight is 439 g/mol. The van der Waals surface area contributed by atoms with Gasteiger partial charge in [0.15, 0.2) is 0 Å². The third-order valence-corrected chi connectivity index (χ3v) is 7.81. The summed E-state index contributed by atoms with van der Waals surface area (Å²) in [5.41, 5.74) is 2.98. The smallest absolute Gasteiger partial charge is 0.255 e. The van der Waals surface area contributed by atoms with E-state index in [0.29, 0.717) is 25.0 Å². The van der Waals surface area contributed by atoms with Crippen LogP contribution in [-0.2, 0) is 22.7 Å². The van der Waals surface area contributed by atoms with Gasteiger partial charge in [0, 0.05) is 37.2 Å². The SMILES string of the molecule is O=C1CCC(N2Cc3c(CN4CCCCC4CC[C@@H]4CCCN4)cccc3C2=O)C(=O)N1. The van der Waals surface area contributed by atoms with Gasteiger partial charge in [0.1, 0.15) is 6.04 Å². The van der Waals surface area contributed by atoms with E-state index in [2.05, 4.69) is 21.6 Å². The van der Waals surface area contributed by atoms with Crippen molar-refractivity contribution in [3.05, 3.63) is 34.9 Å². The maximum absolute atomic E-state index is 13.1. The zero-order valence-electron chi connectivity index (χ0n) is 18.8. The summed E-state index contributed by atoms with van der Waals surface area (Å²) in [7, 11) is 0. The van der Waals surface area contributed by atoms with Gasteiger partial charge >= 0.3 is 0 Å². The standard InChI is InChI=1S/C25H34N4O3/c30-23-12-11-22(24(31)27-23)29-16-21-17(5-3-8-20(21)25(29)32)15-28-14-2-1-7-19(28)10-9-18-6-4-13-26-18/h3,5,8,18-19,22,26H,1-2,4,6-7,9-16H2,(H,27,30,31)/t18-,19?,22?/m0/s1. The number of likely N-dealkylation sites (tertiary alicyclic amines) is 1. The van der Waals surface area contributed by atoms with Gasteiger partial charge in [-0.15, -0.1) is 0 Å². The summed E-state index contributed by atoms with van der Waals surface area (Å²) in [6.07, 6.45) is 9.55. The fourth-order valence-electron chi connectivity index (χ4n) is 6.01. The Bertz CT molecular complexity index is 895. The van der Waals surface area contributed by atoms with E-state index >= 15 is 0 Å². The van der Waals surface area contributed by atoms with E-state index in [-0.39, 0.29) is 24.1 Å². The predicted molar refractivity (Wildman–Crippen MR) is 121 cm³/mol. The topological polar surface area (TPSA) is 81.8 Å². The molecule has 4 heterocycles. The van der Waals surface area contributed by atoms with Gasteiger partial charge in [-0.05, 0) is 75.2 Å².